The van der Waals surface area contributed by atoms with E-state index in [1.165, 1.54) is 43.4 Å². The van der Waals surface area contributed by atoms with E-state index in [1.54, 1.807) is 0 Å². The molecule has 1 aromatic heterocycles. The minimum absolute atomic E-state index is 0.443. The van der Waals surface area contributed by atoms with Crippen molar-refractivity contribution in [3.05, 3.63) is 59.2 Å². The highest BCUT2D eigenvalue weighted by Crippen LogP contribution is 2.38. The first-order valence-electron chi connectivity index (χ1n) is 11.2. The number of benzene rings is 2. The second-order valence-electron chi connectivity index (χ2n) is 8.82. The lowest BCUT2D eigenvalue weighted by Gasteiger charge is -2.36. The predicted molar refractivity (Wildman–Crippen MR) is 125 cm³/mol. The minimum Gasteiger partial charge on any atom is -0.494 e. The highest BCUT2D eigenvalue weighted by atomic mass is 35.5. The summed E-state index contributed by atoms with van der Waals surface area (Å²) in [6.07, 6.45) is 8.36. The predicted octanol–water partition coefficient (Wildman–Crippen LogP) is 5.83. The van der Waals surface area contributed by atoms with Crippen molar-refractivity contribution in [2.75, 3.05) is 31.1 Å². The van der Waals surface area contributed by atoms with Gasteiger partial charge in [-0.05, 0) is 42.7 Å². The molecule has 1 saturated heterocycles. The second-order valence-corrected chi connectivity index (χ2v) is 9.25. The molecular weight excluding hydrogens is 394 g/mol. The lowest BCUT2D eigenvalue weighted by Crippen LogP contribution is -2.45. The Labute approximate surface area is 183 Å². The minimum atomic E-state index is 0.443. The molecule has 2 heterocycles. The van der Waals surface area contributed by atoms with Crippen LogP contribution in [0.5, 0.6) is 5.88 Å². The molecule has 30 heavy (non-hydrogen) atoms. The van der Waals surface area contributed by atoms with E-state index in [0.717, 1.165) is 48.5 Å². The van der Waals surface area contributed by atoms with Crippen LogP contribution in [0.3, 0.4) is 0 Å². The van der Waals surface area contributed by atoms with Crippen molar-refractivity contribution in [3.8, 4) is 5.88 Å². The van der Waals surface area contributed by atoms with E-state index in [-0.39, 0.29) is 0 Å². The van der Waals surface area contributed by atoms with Gasteiger partial charge in [0.25, 0.3) is 0 Å². The molecule has 0 atom stereocenters. The Morgan fingerprint density at radius 3 is 2.50 bits per heavy atom. The van der Waals surface area contributed by atoms with Crippen molar-refractivity contribution in [2.24, 2.45) is 0 Å². The highest BCUT2D eigenvalue weighted by Gasteiger charge is 2.21. The maximum absolute atomic E-state index is 10.9. The molecule has 0 bridgehead atoms. The number of nitrogens with zero attached hydrogens (tertiary/aromatic N) is 3. The average molecular weight is 424 g/mol. The number of anilines is 1. The summed E-state index contributed by atoms with van der Waals surface area (Å²) in [4.78, 5) is 4.92. The molecule has 2 fully saturated rings. The normalized spacial score (nSPS) is 18.9. The van der Waals surface area contributed by atoms with Crippen molar-refractivity contribution in [2.45, 2.75) is 44.7 Å². The van der Waals surface area contributed by atoms with Gasteiger partial charge in [-0.15, -0.1) is 0 Å². The van der Waals surface area contributed by atoms with E-state index in [2.05, 4.69) is 50.9 Å². The van der Waals surface area contributed by atoms with E-state index in [4.69, 9.17) is 11.6 Å². The molecule has 0 unspecified atom stereocenters. The average Bonchev–Trinajstić information content (AvgIpc) is 3.11. The first-order valence-corrected chi connectivity index (χ1v) is 11.6. The van der Waals surface area contributed by atoms with E-state index in [1.807, 2.05) is 12.1 Å². The summed E-state index contributed by atoms with van der Waals surface area (Å²) in [6.45, 7) is 4.99. The van der Waals surface area contributed by atoms with Gasteiger partial charge in [0.15, 0.2) is 5.88 Å². The third kappa shape index (κ3) is 4.03. The summed E-state index contributed by atoms with van der Waals surface area (Å²) in [5.74, 6) is 0.443. The highest BCUT2D eigenvalue weighted by molar-refractivity contribution is 6.30. The van der Waals surface area contributed by atoms with Gasteiger partial charge in [-0.2, -0.15) is 0 Å². The van der Waals surface area contributed by atoms with Crippen LogP contribution in [0.25, 0.3) is 10.8 Å². The topological polar surface area (TPSA) is 31.6 Å². The molecule has 1 aliphatic carbocycles. The van der Waals surface area contributed by atoms with Crippen LogP contribution in [0.15, 0.2) is 48.7 Å². The molecule has 2 aliphatic rings. The largest absolute Gasteiger partial charge is 0.494 e. The number of piperazine rings is 1. The van der Waals surface area contributed by atoms with Crippen LogP contribution < -0.4 is 4.90 Å². The molecular formula is C25H30ClN3O. The number of aromatic nitrogens is 1. The summed E-state index contributed by atoms with van der Waals surface area (Å²) < 4.78 is 2.12. The summed E-state index contributed by atoms with van der Waals surface area (Å²) >= 11 is 6.13. The maximum Gasteiger partial charge on any atom is 0.199 e. The van der Waals surface area contributed by atoms with Crippen molar-refractivity contribution >= 4 is 28.1 Å². The Kier molecular flexibility index (Phi) is 5.62. The molecule has 5 heteroatoms. The molecule has 1 saturated carbocycles. The zero-order valence-corrected chi connectivity index (χ0v) is 18.2. The maximum atomic E-state index is 10.9. The molecule has 5 rings (SSSR count). The fourth-order valence-electron chi connectivity index (χ4n) is 5.09. The first kappa shape index (κ1) is 19.8. The zero-order chi connectivity index (χ0) is 20.5. The van der Waals surface area contributed by atoms with Gasteiger partial charge in [0.2, 0.25) is 0 Å². The fourth-order valence-corrected chi connectivity index (χ4v) is 5.31. The lowest BCUT2D eigenvalue weighted by atomic mass is 9.95. The van der Waals surface area contributed by atoms with Gasteiger partial charge < -0.3 is 14.6 Å². The Bertz CT molecular complexity index is 1020. The van der Waals surface area contributed by atoms with Crippen LogP contribution in [-0.2, 0) is 6.54 Å². The zero-order valence-electron chi connectivity index (χ0n) is 17.4. The van der Waals surface area contributed by atoms with E-state index >= 15 is 0 Å². The first-order chi connectivity index (χ1) is 14.7. The Morgan fingerprint density at radius 1 is 0.933 bits per heavy atom. The molecule has 2 aromatic carbocycles. The van der Waals surface area contributed by atoms with Crippen molar-refractivity contribution < 1.29 is 5.11 Å². The third-order valence-electron chi connectivity index (χ3n) is 6.80. The molecule has 0 radical (unpaired) electrons. The number of rotatable bonds is 4. The number of fused-ring (bicyclic) bond motifs is 1. The van der Waals surface area contributed by atoms with Gasteiger partial charge in [-0.3, -0.25) is 4.90 Å². The summed E-state index contributed by atoms with van der Waals surface area (Å²) in [5, 5.41) is 13.8. The van der Waals surface area contributed by atoms with E-state index < -0.39 is 0 Å². The molecule has 0 amide bonds. The van der Waals surface area contributed by atoms with Gasteiger partial charge in [0, 0.05) is 66.4 Å². The number of halogens is 1. The van der Waals surface area contributed by atoms with Crippen LogP contribution >= 0.6 is 11.6 Å². The quantitative estimate of drug-likeness (QED) is 0.573. The molecule has 0 spiro atoms. The molecule has 3 aromatic rings. The van der Waals surface area contributed by atoms with Gasteiger partial charge in [-0.1, -0.05) is 49.1 Å². The lowest BCUT2D eigenvalue weighted by molar-refractivity contribution is 0.250. The van der Waals surface area contributed by atoms with Gasteiger partial charge in [0.1, 0.15) is 0 Å². The Hall–Kier alpha value is -2.17. The fraction of sp³-hybridized carbons (Fsp3) is 0.440. The van der Waals surface area contributed by atoms with Crippen molar-refractivity contribution in [1.29, 1.82) is 0 Å². The number of hydrogen-bond donors (Lipinski definition) is 1. The van der Waals surface area contributed by atoms with Crippen LogP contribution in [0, 0.1) is 0 Å². The van der Waals surface area contributed by atoms with Crippen LogP contribution in [0.4, 0.5) is 5.69 Å². The van der Waals surface area contributed by atoms with Gasteiger partial charge in [0.05, 0.1) is 0 Å². The van der Waals surface area contributed by atoms with Crippen LogP contribution in [-0.4, -0.2) is 40.8 Å². The smallest absolute Gasteiger partial charge is 0.199 e. The number of aromatic hydroxyl groups is 1. The van der Waals surface area contributed by atoms with E-state index in [0.29, 0.717) is 11.9 Å². The second kappa shape index (κ2) is 8.52. The SMILES string of the molecule is Oc1c2cc(N3CCN(Cc4cccc(Cl)c4)CC3)ccc2cn1C1CCCCC1. The number of hydrogen-bond acceptors (Lipinski definition) is 3. The van der Waals surface area contributed by atoms with E-state index in [9.17, 15) is 5.11 Å². The van der Waals surface area contributed by atoms with Crippen LogP contribution in [0.2, 0.25) is 5.02 Å². The third-order valence-corrected chi connectivity index (χ3v) is 7.04. The molecule has 4 nitrogen and oxygen atoms in total. The Balaban J connectivity index is 1.28. The monoisotopic (exact) mass is 423 g/mol. The summed E-state index contributed by atoms with van der Waals surface area (Å²) in [5.41, 5.74) is 2.48. The molecule has 1 aliphatic heterocycles. The molecule has 1 N–H and O–H groups in total. The Morgan fingerprint density at radius 2 is 1.73 bits per heavy atom. The summed E-state index contributed by atoms with van der Waals surface area (Å²) in [6, 6.07) is 15.2. The summed E-state index contributed by atoms with van der Waals surface area (Å²) in [7, 11) is 0. The molecule has 158 valence electrons. The standard InChI is InChI=1S/C25H30ClN3O/c26-21-6-4-5-19(15-21)17-27-11-13-28(14-12-27)23-10-9-20-18-29(25(30)24(20)16-23)22-7-2-1-3-8-22/h4-6,9-10,15-16,18,22,30H,1-3,7-8,11-14,17H2. The van der Waals surface area contributed by atoms with Crippen LogP contribution in [0.1, 0.15) is 43.7 Å². The van der Waals surface area contributed by atoms with Gasteiger partial charge >= 0.3 is 0 Å². The van der Waals surface area contributed by atoms with Gasteiger partial charge in [-0.25, -0.2) is 0 Å². The van der Waals surface area contributed by atoms with Crippen molar-refractivity contribution in [3.63, 3.8) is 0 Å². The van der Waals surface area contributed by atoms with Crippen molar-refractivity contribution in [1.82, 2.24) is 9.47 Å².